The van der Waals surface area contributed by atoms with Gasteiger partial charge in [0.2, 0.25) is 0 Å². The van der Waals surface area contributed by atoms with Crippen LogP contribution in [0.4, 0.5) is 0 Å². The number of rotatable bonds is 7. The fourth-order valence-corrected chi connectivity index (χ4v) is 14.2. The van der Waals surface area contributed by atoms with Crippen molar-refractivity contribution in [2.45, 2.75) is 108 Å². The van der Waals surface area contributed by atoms with Crippen LogP contribution in [0, 0.1) is 13.8 Å². The average Bonchev–Trinajstić information content (AvgIpc) is 3.37. The van der Waals surface area contributed by atoms with Crippen LogP contribution in [0.1, 0.15) is 88.7 Å². The van der Waals surface area contributed by atoms with Crippen molar-refractivity contribution in [3.05, 3.63) is 82.7 Å². The van der Waals surface area contributed by atoms with E-state index in [1.54, 1.807) is 10.6 Å². The minimum Gasteiger partial charge on any atom is -0.0798 e. The molecule has 0 aliphatic heterocycles. The van der Waals surface area contributed by atoms with E-state index in [1.165, 1.54) is 81.8 Å². The van der Waals surface area contributed by atoms with Gasteiger partial charge in [0.25, 0.3) is 0 Å². The second-order valence-electron chi connectivity index (χ2n) is 11.1. The highest BCUT2D eigenvalue weighted by Crippen LogP contribution is 2.64. The maximum absolute atomic E-state index is 2.63. The predicted molar refractivity (Wildman–Crippen MR) is 159 cm³/mol. The van der Waals surface area contributed by atoms with Crippen LogP contribution in [0.2, 0.25) is 0 Å². The number of aryl methyl sites for hydroxylation is 2. The molecule has 0 amide bonds. The highest BCUT2D eigenvalue weighted by Gasteiger charge is 2.37. The van der Waals surface area contributed by atoms with Crippen LogP contribution in [0.15, 0.2) is 71.6 Å². The molecule has 186 valence electrons. The summed E-state index contributed by atoms with van der Waals surface area (Å²) in [5.41, 5.74) is 7.28. The normalized spacial score (nSPS) is 20.8. The maximum Gasteiger partial charge on any atom is 0.00652 e. The first-order chi connectivity index (χ1) is 17.1. The summed E-state index contributed by atoms with van der Waals surface area (Å²) in [6.07, 6.45) is 21.1. The van der Waals surface area contributed by atoms with Gasteiger partial charge in [-0.25, -0.2) is 0 Å². The van der Waals surface area contributed by atoms with Crippen molar-refractivity contribution in [3.63, 3.8) is 0 Å². The first-order valence-electron chi connectivity index (χ1n) is 14.2. The van der Waals surface area contributed by atoms with E-state index in [-0.39, 0.29) is 7.92 Å². The van der Waals surface area contributed by atoms with Crippen LogP contribution < -0.4 is 10.6 Å². The van der Waals surface area contributed by atoms with Crippen molar-refractivity contribution in [1.29, 1.82) is 0 Å². The molecule has 2 saturated carbocycles. The van der Waals surface area contributed by atoms with E-state index in [0.29, 0.717) is 5.66 Å². The Morgan fingerprint density at radius 2 is 1.17 bits per heavy atom. The van der Waals surface area contributed by atoms with Crippen LogP contribution >= 0.6 is 15.8 Å². The predicted octanol–water partition coefficient (Wildman–Crippen LogP) is 9.49. The van der Waals surface area contributed by atoms with Gasteiger partial charge in [-0.15, -0.1) is 0 Å². The van der Waals surface area contributed by atoms with E-state index in [1.807, 2.05) is 10.9 Å². The Labute approximate surface area is 217 Å². The Bertz CT molecular complexity index is 989. The first kappa shape index (κ1) is 25.4. The van der Waals surface area contributed by atoms with Crippen LogP contribution in [0.25, 0.3) is 0 Å². The summed E-state index contributed by atoms with van der Waals surface area (Å²) in [7, 11) is -0.483. The standard InChI is InChI=1S/C33H44P2/c1-25-15-10-12-22-31(25)34(32-23-13-11-16-26(32)2)27(3)30-21-14-24-33(30)35(28-17-6-4-7-18-28)29-19-8-5-9-20-29/h10-16,22-24,27-29H,4-9,17-21H2,1-3H3/t27-/m1/s1. The van der Waals surface area contributed by atoms with Crippen LogP contribution in [-0.2, 0) is 0 Å². The lowest BCUT2D eigenvalue weighted by Crippen LogP contribution is -2.26. The quantitative estimate of drug-likeness (QED) is 0.331. The van der Waals surface area contributed by atoms with Gasteiger partial charge in [-0.05, 0) is 92.2 Å². The Morgan fingerprint density at radius 3 is 1.66 bits per heavy atom. The van der Waals surface area contributed by atoms with Gasteiger partial charge >= 0.3 is 0 Å². The Hall–Kier alpha value is -1.22. The maximum atomic E-state index is 2.63. The molecular formula is C33H44P2. The highest BCUT2D eigenvalue weighted by molar-refractivity contribution is 7.74. The average molecular weight is 503 g/mol. The third kappa shape index (κ3) is 5.55. The van der Waals surface area contributed by atoms with Crippen molar-refractivity contribution >= 4 is 26.5 Å². The van der Waals surface area contributed by atoms with E-state index in [2.05, 4.69) is 81.5 Å². The van der Waals surface area contributed by atoms with Gasteiger partial charge in [0, 0.05) is 5.66 Å². The molecule has 3 aliphatic rings. The van der Waals surface area contributed by atoms with E-state index in [0.717, 1.165) is 11.3 Å². The van der Waals surface area contributed by atoms with Gasteiger partial charge in [0.1, 0.15) is 0 Å². The third-order valence-corrected chi connectivity index (χ3v) is 15.5. The van der Waals surface area contributed by atoms with Crippen molar-refractivity contribution in [1.82, 2.24) is 0 Å². The summed E-state index contributed by atoms with van der Waals surface area (Å²) in [5, 5.41) is 5.02. The molecule has 0 unspecified atom stereocenters. The molecular weight excluding hydrogens is 458 g/mol. The monoisotopic (exact) mass is 502 g/mol. The lowest BCUT2D eigenvalue weighted by molar-refractivity contribution is 0.486. The van der Waals surface area contributed by atoms with Crippen LogP contribution in [0.3, 0.4) is 0 Å². The van der Waals surface area contributed by atoms with E-state index >= 15 is 0 Å². The molecule has 1 atom stereocenters. The molecule has 0 saturated heterocycles. The van der Waals surface area contributed by atoms with Gasteiger partial charge in [-0.3, -0.25) is 0 Å². The smallest absolute Gasteiger partial charge is 0.00652 e. The zero-order valence-electron chi connectivity index (χ0n) is 22.2. The summed E-state index contributed by atoms with van der Waals surface area (Å²) >= 11 is 0. The molecule has 0 N–H and O–H groups in total. The lowest BCUT2D eigenvalue weighted by Gasteiger charge is -2.40. The Balaban J connectivity index is 1.58. The molecule has 2 fully saturated rings. The molecule has 0 heterocycles. The van der Waals surface area contributed by atoms with Crippen molar-refractivity contribution < 1.29 is 0 Å². The van der Waals surface area contributed by atoms with Crippen molar-refractivity contribution in [2.75, 3.05) is 0 Å². The zero-order chi connectivity index (χ0) is 24.2. The summed E-state index contributed by atoms with van der Waals surface area (Å²) in [6, 6.07) is 18.5. The first-order valence-corrected chi connectivity index (χ1v) is 17.1. The van der Waals surface area contributed by atoms with Crippen molar-refractivity contribution in [3.8, 4) is 0 Å². The molecule has 0 nitrogen and oxygen atoms in total. The van der Waals surface area contributed by atoms with E-state index in [9.17, 15) is 0 Å². The Morgan fingerprint density at radius 1 is 0.686 bits per heavy atom. The number of allylic oxidation sites excluding steroid dienone is 4. The lowest BCUT2D eigenvalue weighted by atomic mass is 9.99. The molecule has 2 aromatic rings. The fraction of sp³-hybridized carbons (Fsp3) is 0.515. The molecule has 0 bridgehead atoms. The molecule has 0 radical (unpaired) electrons. The van der Waals surface area contributed by atoms with Crippen molar-refractivity contribution in [2.24, 2.45) is 0 Å². The SMILES string of the molecule is Cc1ccccc1P(c1ccccc1C)[C@H](C)C1=C(P(C2CCCCC2)C2CCCCC2)C=CC1. The molecule has 5 rings (SSSR count). The molecule has 3 aliphatic carbocycles. The second kappa shape index (κ2) is 11.9. The zero-order valence-corrected chi connectivity index (χ0v) is 24.0. The minimum absolute atomic E-state index is 0.0446. The molecule has 0 aromatic heterocycles. The molecule has 2 heteroatoms. The largest absolute Gasteiger partial charge is 0.0798 e. The van der Waals surface area contributed by atoms with Gasteiger partial charge in [-0.1, -0.05) is 120 Å². The van der Waals surface area contributed by atoms with E-state index < -0.39 is 7.92 Å². The van der Waals surface area contributed by atoms with Gasteiger partial charge in [0.15, 0.2) is 0 Å². The van der Waals surface area contributed by atoms with E-state index in [4.69, 9.17) is 0 Å². The van der Waals surface area contributed by atoms with Crippen LogP contribution in [-0.4, -0.2) is 17.0 Å². The Kier molecular flexibility index (Phi) is 8.64. The highest BCUT2D eigenvalue weighted by atomic mass is 31.1. The molecule has 0 spiro atoms. The summed E-state index contributed by atoms with van der Waals surface area (Å²) in [6.45, 7) is 7.24. The number of hydrogen-bond acceptors (Lipinski definition) is 0. The topological polar surface area (TPSA) is 0 Å². The summed E-state index contributed by atoms with van der Waals surface area (Å²) in [5.74, 6) is 0. The molecule has 35 heavy (non-hydrogen) atoms. The summed E-state index contributed by atoms with van der Waals surface area (Å²) < 4.78 is 0. The third-order valence-electron chi connectivity index (χ3n) is 8.80. The number of benzene rings is 2. The van der Waals surface area contributed by atoms with Gasteiger partial charge in [0.05, 0.1) is 0 Å². The van der Waals surface area contributed by atoms with Gasteiger partial charge in [-0.2, -0.15) is 0 Å². The van der Waals surface area contributed by atoms with Crippen LogP contribution in [0.5, 0.6) is 0 Å². The minimum atomic E-state index is -0.439. The fourth-order valence-electron chi connectivity index (χ4n) is 6.93. The molecule has 2 aromatic carbocycles. The second-order valence-corrected chi connectivity index (χ2v) is 16.4. The number of hydrogen-bond donors (Lipinski definition) is 0. The van der Waals surface area contributed by atoms with Gasteiger partial charge < -0.3 is 0 Å². The summed E-state index contributed by atoms with van der Waals surface area (Å²) in [4.78, 5) is 0.